The SMILES string of the molecule is CN1CC(OCC2CCN(S(C)(=O)=O)CC2)=CC=C1CN1Cc2ccccc2C1. The van der Waals surface area contributed by atoms with Crippen LogP contribution in [0.5, 0.6) is 0 Å². The van der Waals surface area contributed by atoms with Gasteiger partial charge in [0.15, 0.2) is 0 Å². The number of piperidine rings is 1. The van der Waals surface area contributed by atoms with Gasteiger partial charge in [-0.05, 0) is 42.0 Å². The maximum Gasteiger partial charge on any atom is 0.211 e. The van der Waals surface area contributed by atoms with E-state index in [2.05, 4.69) is 53.3 Å². The van der Waals surface area contributed by atoms with E-state index in [0.29, 0.717) is 25.6 Å². The molecule has 1 saturated heterocycles. The van der Waals surface area contributed by atoms with Gasteiger partial charge in [0.2, 0.25) is 10.0 Å². The summed E-state index contributed by atoms with van der Waals surface area (Å²) in [7, 11) is -0.942. The third-order valence-corrected chi connectivity index (χ3v) is 7.49. The first-order chi connectivity index (χ1) is 13.9. The summed E-state index contributed by atoms with van der Waals surface area (Å²) in [6.07, 6.45) is 7.30. The van der Waals surface area contributed by atoms with Crippen molar-refractivity contribution in [2.24, 2.45) is 5.92 Å². The largest absolute Gasteiger partial charge is 0.496 e. The normalized spacial score (nSPS) is 21.7. The minimum absolute atomic E-state index is 0.424. The molecule has 0 aromatic heterocycles. The van der Waals surface area contributed by atoms with Gasteiger partial charge >= 0.3 is 0 Å². The Morgan fingerprint density at radius 1 is 1.03 bits per heavy atom. The Bertz CT molecular complexity index is 877. The molecule has 0 bridgehead atoms. The van der Waals surface area contributed by atoms with Gasteiger partial charge in [-0.25, -0.2) is 12.7 Å². The molecule has 7 heteroatoms. The predicted molar refractivity (Wildman–Crippen MR) is 114 cm³/mol. The van der Waals surface area contributed by atoms with Crippen LogP contribution < -0.4 is 0 Å². The number of benzene rings is 1. The molecule has 1 aromatic carbocycles. The number of allylic oxidation sites excluding steroid dienone is 2. The lowest BCUT2D eigenvalue weighted by Gasteiger charge is -2.32. The Morgan fingerprint density at radius 3 is 2.28 bits per heavy atom. The van der Waals surface area contributed by atoms with Crippen molar-refractivity contribution >= 4 is 10.0 Å². The van der Waals surface area contributed by atoms with Crippen LogP contribution >= 0.6 is 0 Å². The van der Waals surface area contributed by atoms with Crippen molar-refractivity contribution in [1.82, 2.24) is 14.1 Å². The summed E-state index contributed by atoms with van der Waals surface area (Å²) in [5.74, 6) is 1.42. The topological polar surface area (TPSA) is 53.1 Å². The van der Waals surface area contributed by atoms with Crippen LogP contribution in [0.25, 0.3) is 0 Å². The van der Waals surface area contributed by atoms with Crippen molar-refractivity contribution in [2.45, 2.75) is 25.9 Å². The third kappa shape index (κ3) is 5.02. The number of sulfonamides is 1. The van der Waals surface area contributed by atoms with Crippen molar-refractivity contribution < 1.29 is 13.2 Å². The molecule has 1 fully saturated rings. The van der Waals surface area contributed by atoms with E-state index in [4.69, 9.17) is 4.74 Å². The van der Waals surface area contributed by atoms with Crippen LogP contribution in [0.1, 0.15) is 24.0 Å². The smallest absolute Gasteiger partial charge is 0.211 e. The van der Waals surface area contributed by atoms with Crippen LogP contribution in [-0.4, -0.2) is 68.6 Å². The molecular weight excluding hydrogens is 386 g/mol. The van der Waals surface area contributed by atoms with E-state index in [9.17, 15) is 8.42 Å². The molecule has 158 valence electrons. The van der Waals surface area contributed by atoms with Gasteiger partial charge in [0.1, 0.15) is 5.76 Å². The molecule has 0 spiro atoms. The minimum atomic E-state index is -3.06. The molecule has 0 atom stereocenters. The molecule has 0 saturated carbocycles. The summed E-state index contributed by atoms with van der Waals surface area (Å²) in [5, 5.41) is 0. The molecule has 6 nitrogen and oxygen atoms in total. The lowest BCUT2D eigenvalue weighted by molar-refractivity contribution is 0.117. The van der Waals surface area contributed by atoms with Gasteiger partial charge in [0.05, 0.1) is 19.4 Å². The van der Waals surface area contributed by atoms with Crippen molar-refractivity contribution in [2.75, 3.05) is 46.1 Å². The summed E-state index contributed by atoms with van der Waals surface area (Å²) < 4.78 is 30.9. The van der Waals surface area contributed by atoms with Crippen LogP contribution in [0, 0.1) is 5.92 Å². The third-order valence-electron chi connectivity index (χ3n) is 6.18. The van der Waals surface area contributed by atoms with Gasteiger partial charge in [-0.2, -0.15) is 0 Å². The standard InChI is InChI=1S/C22H31N3O3S/c1-23-16-22(28-17-18-9-11-25(12-10-18)29(2,26)27)8-7-21(23)15-24-13-19-5-3-4-6-20(19)14-24/h3-8,18H,9-17H2,1-2H3. The van der Waals surface area contributed by atoms with E-state index < -0.39 is 10.0 Å². The first kappa shape index (κ1) is 20.4. The van der Waals surface area contributed by atoms with Gasteiger partial charge in [-0.3, -0.25) is 4.90 Å². The molecule has 0 aliphatic carbocycles. The summed E-state index contributed by atoms with van der Waals surface area (Å²) in [4.78, 5) is 4.74. The molecule has 3 heterocycles. The summed E-state index contributed by atoms with van der Waals surface area (Å²) in [6, 6.07) is 8.68. The lowest BCUT2D eigenvalue weighted by atomic mass is 9.99. The van der Waals surface area contributed by atoms with Crippen LogP contribution in [-0.2, 0) is 27.8 Å². The quantitative estimate of drug-likeness (QED) is 0.712. The van der Waals surface area contributed by atoms with Crippen LogP contribution in [0.4, 0.5) is 0 Å². The lowest BCUT2D eigenvalue weighted by Crippen LogP contribution is -2.39. The van der Waals surface area contributed by atoms with Crippen molar-refractivity contribution in [3.8, 4) is 0 Å². The average molecular weight is 418 g/mol. The molecule has 4 rings (SSSR count). The van der Waals surface area contributed by atoms with Gasteiger partial charge in [-0.1, -0.05) is 24.3 Å². The van der Waals surface area contributed by atoms with Crippen molar-refractivity contribution in [3.63, 3.8) is 0 Å². The molecule has 3 aliphatic rings. The van der Waals surface area contributed by atoms with E-state index in [1.165, 1.54) is 23.1 Å². The van der Waals surface area contributed by atoms with Crippen molar-refractivity contribution in [3.05, 3.63) is 59.0 Å². The molecule has 1 aromatic rings. The number of likely N-dealkylation sites (N-methyl/N-ethyl adjacent to an activating group) is 1. The molecule has 3 aliphatic heterocycles. The van der Waals surface area contributed by atoms with Gasteiger partial charge < -0.3 is 9.64 Å². The van der Waals surface area contributed by atoms with Crippen LogP contribution in [0.3, 0.4) is 0 Å². The Labute approximate surface area is 174 Å². The molecule has 0 N–H and O–H groups in total. The highest BCUT2D eigenvalue weighted by molar-refractivity contribution is 7.88. The molecule has 0 amide bonds. The van der Waals surface area contributed by atoms with Crippen LogP contribution in [0.15, 0.2) is 47.9 Å². The Morgan fingerprint density at radius 2 is 1.69 bits per heavy atom. The fraction of sp³-hybridized carbons (Fsp3) is 0.545. The average Bonchev–Trinajstić information content (AvgIpc) is 3.10. The number of rotatable bonds is 6. The fourth-order valence-electron chi connectivity index (χ4n) is 4.35. The highest BCUT2D eigenvalue weighted by Gasteiger charge is 2.26. The number of hydrogen-bond acceptors (Lipinski definition) is 5. The zero-order valence-corrected chi connectivity index (χ0v) is 18.2. The van der Waals surface area contributed by atoms with Gasteiger partial charge in [0.25, 0.3) is 0 Å². The second-order valence-electron chi connectivity index (χ2n) is 8.48. The highest BCUT2D eigenvalue weighted by Crippen LogP contribution is 2.25. The fourth-order valence-corrected chi connectivity index (χ4v) is 5.22. The second-order valence-corrected chi connectivity index (χ2v) is 10.5. The van der Waals surface area contributed by atoms with Crippen LogP contribution in [0.2, 0.25) is 0 Å². The number of hydrogen-bond donors (Lipinski definition) is 0. The van der Waals surface area contributed by atoms with Crippen molar-refractivity contribution in [1.29, 1.82) is 0 Å². The molecular formula is C22H31N3O3S. The maximum absolute atomic E-state index is 11.6. The Hall–Kier alpha value is -1.83. The first-order valence-corrected chi connectivity index (χ1v) is 12.2. The predicted octanol–water partition coefficient (Wildman–Crippen LogP) is 2.40. The van der Waals surface area contributed by atoms with E-state index >= 15 is 0 Å². The molecule has 0 unspecified atom stereocenters. The van der Waals surface area contributed by atoms with Gasteiger partial charge in [0, 0.05) is 45.5 Å². The summed E-state index contributed by atoms with van der Waals surface area (Å²) in [6.45, 7) is 5.64. The Balaban J connectivity index is 1.26. The molecule has 0 radical (unpaired) electrons. The zero-order chi connectivity index (χ0) is 20.4. The maximum atomic E-state index is 11.6. The summed E-state index contributed by atoms with van der Waals surface area (Å²) >= 11 is 0. The number of nitrogens with zero attached hydrogens (tertiary/aromatic N) is 3. The van der Waals surface area contributed by atoms with E-state index in [1.54, 1.807) is 4.31 Å². The van der Waals surface area contributed by atoms with E-state index in [1.807, 2.05) is 0 Å². The van der Waals surface area contributed by atoms with Gasteiger partial charge in [-0.15, -0.1) is 0 Å². The number of ether oxygens (including phenoxy) is 1. The second kappa shape index (κ2) is 8.50. The monoisotopic (exact) mass is 417 g/mol. The highest BCUT2D eigenvalue weighted by atomic mass is 32.2. The van der Waals surface area contributed by atoms with E-state index in [0.717, 1.165) is 44.8 Å². The summed E-state index contributed by atoms with van der Waals surface area (Å²) in [5.41, 5.74) is 4.19. The number of fused-ring (bicyclic) bond motifs is 1. The molecule has 29 heavy (non-hydrogen) atoms. The first-order valence-electron chi connectivity index (χ1n) is 10.4. The zero-order valence-electron chi connectivity index (χ0n) is 17.4. The minimum Gasteiger partial charge on any atom is -0.496 e. The van der Waals surface area contributed by atoms with E-state index in [-0.39, 0.29) is 0 Å². The Kier molecular flexibility index (Phi) is 5.99.